The Kier molecular flexibility index (Phi) is 9.11. The van der Waals surface area contributed by atoms with Crippen LogP contribution < -0.4 is 9.64 Å². The summed E-state index contributed by atoms with van der Waals surface area (Å²) in [5.41, 5.74) is 2.83. The molecular formula is C26H35N2O6P. The molecule has 8 nitrogen and oxygen atoms in total. The van der Waals surface area contributed by atoms with Crippen LogP contribution in [0.15, 0.2) is 42.5 Å². The average Bonchev–Trinajstić information content (AvgIpc) is 3.07. The zero-order valence-electron chi connectivity index (χ0n) is 21.2. The highest BCUT2D eigenvalue weighted by molar-refractivity contribution is 7.53. The van der Waals surface area contributed by atoms with Crippen molar-refractivity contribution in [3.8, 4) is 5.75 Å². The Morgan fingerprint density at radius 1 is 1.00 bits per heavy atom. The van der Waals surface area contributed by atoms with Gasteiger partial charge in [0.15, 0.2) is 0 Å². The summed E-state index contributed by atoms with van der Waals surface area (Å²) in [5.74, 6) is 0.193. The van der Waals surface area contributed by atoms with Crippen LogP contribution in [0, 0.1) is 6.92 Å². The van der Waals surface area contributed by atoms with Gasteiger partial charge in [-0.25, -0.2) is 0 Å². The monoisotopic (exact) mass is 502 g/mol. The number of rotatable bonds is 13. The van der Waals surface area contributed by atoms with E-state index in [2.05, 4.69) is 4.90 Å². The number of benzene rings is 2. The van der Waals surface area contributed by atoms with Gasteiger partial charge in [-0.1, -0.05) is 12.1 Å². The van der Waals surface area contributed by atoms with Crippen LogP contribution in [0.25, 0.3) is 0 Å². The standard InChI is InChI=1S/C26H35N2O6P/c1-6-33-35(31,34-7-2)16-10-15-27(24-14-13-21(32-5)17-19(24)3)20(4)18-28-25(29)22-11-8-9-12-23(22)26(28)30/h8-9,11-14,17,20H,6-7,10,15-16,18H2,1-5H3. The molecule has 0 aliphatic carbocycles. The maximum absolute atomic E-state index is 13.0. The van der Waals surface area contributed by atoms with E-state index >= 15 is 0 Å². The second-order valence-corrected chi connectivity index (χ2v) is 10.7. The number of carbonyl (C=O) groups excluding carboxylic acids is 2. The third-order valence-electron chi connectivity index (χ3n) is 6.05. The first kappa shape index (κ1) is 26.9. The Bertz CT molecular complexity index is 1060. The molecule has 0 N–H and O–H groups in total. The molecule has 3 rings (SSSR count). The highest BCUT2D eigenvalue weighted by Crippen LogP contribution is 2.48. The Balaban J connectivity index is 1.82. The van der Waals surface area contributed by atoms with Crippen LogP contribution in [0.2, 0.25) is 0 Å². The van der Waals surface area contributed by atoms with Crippen molar-refractivity contribution in [2.75, 3.05) is 44.5 Å². The van der Waals surface area contributed by atoms with E-state index in [1.54, 1.807) is 45.2 Å². The van der Waals surface area contributed by atoms with Gasteiger partial charge in [0.25, 0.3) is 11.8 Å². The Labute approximate surface area is 207 Å². The molecule has 0 radical (unpaired) electrons. The number of aryl methyl sites for hydroxylation is 1. The lowest BCUT2D eigenvalue weighted by Gasteiger charge is -2.35. The summed E-state index contributed by atoms with van der Waals surface area (Å²) in [5, 5.41) is 0. The first-order chi connectivity index (χ1) is 16.7. The maximum atomic E-state index is 13.0. The van der Waals surface area contributed by atoms with Gasteiger partial charge in [0, 0.05) is 24.8 Å². The third kappa shape index (κ3) is 6.13. The maximum Gasteiger partial charge on any atom is 0.330 e. The molecule has 1 aliphatic rings. The zero-order valence-corrected chi connectivity index (χ0v) is 22.0. The summed E-state index contributed by atoms with van der Waals surface area (Å²) in [7, 11) is -1.55. The molecule has 35 heavy (non-hydrogen) atoms. The predicted octanol–water partition coefficient (Wildman–Crippen LogP) is 5.15. The summed E-state index contributed by atoms with van der Waals surface area (Å²) in [6.45, 7) is 8.96. The number of nitrogens with zero attached hydrogens (tertiary/aromatic N) is 2. The Hall–Kier alpha value is -2.67. The van der Waals surface area contributed by atoms with Crippen LogP contribution in [0.3, 0.4) is 0 Å². The van der Waals surface area contributed by atoms with Gasteiger partial charge >= 0.3 is 7.60 Å². The number of hydrogen-bond acceptors (Lipinski definition) is 7. The molecule has 2 aromatic rings. The fourth-order valence-electron chi connectivity index (χ4n) is 4.42. The summed E-state index contributed by atoms with van der Waals surface area (Å²) < 4.78 is 29.2. The molecule has 0 saturated carbocycles. The van der Waals surface area contributed by atoms with Crippen LogP contribution in [-0.2, 0) is 13.6 Å². The molecule has 0 aromatic heterocycles. The van der Waals surface area contributed by atoms with Crippen LogP contribution in [0.5, 0.6) is 5.75 Å². The zero-order chi connectivity index (χ0) is 25.6. The van der Waals surface area contributed by atoms with Crippen molar-refractivity contribution < 1.29 is 27.9 Å². The second-order valence-electron chi connectivity index (χ2n) is 8.48. The van der Waals surface area contributed by atoms with Gasteiger partial charge in [-0.15, -0.1) is 0 Å². The van der Waals surface area contributed by atoms with Crippen molar-refractivity contribution in [1.29, 1.82) is 0 Å². The Morgan fingerprint density at radius 2 is 1.60 bits per heavy atom. The van der Waals surface area contributed by atoms with Crippen LogP contribution in [-0.4, -0.2) is 62.3 Å². The second kappa shape index (κ2) is 11.8. The molecule has 0 saturated heterocycles. The van der Waals surface area contributed by atoms with E-state index < -0.39 is 7.60 Å². The van der Waals surface area contributed by atoms with Gasteiger partial charge in [-0.3, -0.25) is 19.1 Å². The van der Waals surface area contributed by atoms with Crippen molar-refractivity contribution in [2.24, 2.45) is 0 Å². The quantitative estimate of drug-likeness (QED) is 0.277. The first-order valence-corrected chi connectivity index (χ1v) is 13.7. The number of anilines is 1. The lowest BCUT2D eigenvalue weighted by Crippen LogP contribution is -2.45. The third-order valence-corrected chi connectivity index (χ3v) is 8.22. The van der Waals surface area contributed by atoms with Gasteiger partial charge in [0.1, 0.15) is 5.75 Å². The molecule has 0 bridgehead atoms. The van der Waals surface area contributed by atoms with Gasteiger partial charge < -0.3 is 18.7 Å². The molecule has 0 spiro atoms. The summed E-state index contributed by atoms with van der Waals surface area (Å²) in [6.07, 6.45) is 0.829. The molecule has 190 valence electrons. The molecule has 1 unspecified atom stereocenters. The van der Waals surface area contributed by atoms with Gasteiger partial charge in [0.2, 0.25) is 0 Å². The average molecular weight is 503 g/mol. The highest BCUT2D eigenvalue weighted by atomic mass is 31.2. The van der Waals surface area contributed by atoms with E-state index in [1.807, 2.05) is 32.0 Å². The van der Waals surface area contributed by atoms with Crippen molar-refractivity contribution in [1.82, 2.24) is 4.90 Å². The number of carbonyl (C=O) groups is 2. The normalized spacial score (nSPS) is 14.3. The minimum absolute atomic E-state index is 0.192. The summed E-state index contributed by atoms with van der Waals surface area (Å²) >= 11 is 0. The van der Waals surface area contributed by atoms with E-state index in [0.717, 1.165) is 17.0 Å². The fourth-order valence-corrected chi connectivity index (χ4v) is 6.07. The van der Waals surface area contributed by atoms with E-state index in [4.69, 9.17) is 13.8 Å². The van der Waals surface area contributed by atoms with Crippen molar-refractivity contribution >= 4 is 25.1 Å². The number of fused-ring (bicyclic) bond motifs is 1. The number of ether oxygens (including phenoxy) is 1. The lowest BCUT2D eigenvalue weighted by molar-refractivity contribution is 0.0646. The number of imide groups is 1. The van der Waals surface area contributed by atoms with Gasteiger partial charge in [0.05, 0.1) is 37.6 Å². The predicted molar refractivity (Wildman–Crippen MR) is 137 cm³/mol. The molecule has 0 fully saturated rings. The van der Waals surface area contributed by atoms with Gasteiger partial charge in [-0.05, 0) is 70.0 Å². The topological polar surface area (TPSA) is 85.4 Å². The molecule has 2 amide bonds. The van der Waals surface area contributed by atoms with Crippen molar-refractivity contribution in [3.05, 3.63) is 59.2 Å². The Morgan fingerprint density at radius 3 is 2.11 bits per heavy atom. The number of methoxy groups -OCH3 is 1. The molecular weight excluding hydrogens is 467 g/mol. The van der Waals surface area contributed by atoms with Crippen molar-refractivity contribution in [3.63, 3.8) is 0 Å². The minimum atomic E-state index is -3.18. The van der Waals surface area contributed by atoms with E-state index in [0.29, 0.717) is 37.3 Å². The molecule has 2 aromatic carbocycles. The number of amides is 2. The first-order valence-electron chi connectivity index (χ1n) is 12.0. The van der Waals surface area contributed by atoms with Crippen molar-refractivity contribution in [2.45, 2.75) is 40.2 Å². The molecule has 1 aliphatic heterocycles. The summed E-state index contributed by atoms with van der Waals surface area (Å²) in [4.78, 5) is 29.3. The van der Waals surface area contributed by atoms with E-state index in [-0.39, 0.29) is 30.6 Å². The number of hydrogen-bond donors (Lipinski definition) is 0. The molecule has 9 heteroatoms. The summed E-state index contributed by atoms with van der Waals surface area (Å²) in [6, 6.07) is 12.5. The molecule has 1 heterocycles. The largest absolute Gasteiger partial charge is 0.497 e. The smallest absolute Gasteiger partial charge is 0.330 e. The van der Waals surface area contributed by atoms with Crippen LogP contribution >= 0.6 is 7.60 Å². The lowest BCUT2D eigenvalue weighted by atomic mass is 10.1. The highest BCUT2D eigenvalue weighted by Gasteiger charge is 2.37. The minimum Gasteiger partial charge on any atom is -0.497 e. The molecule has 1 atom stereocenters. The van der Waals surface area contributed by atoms with Crippen LogP contribution in [0.1, 0.15) is 53.5 Å². The van der Waals surface area contributed by atoms with E-state index in [9.17, 15) is 14.2 Å². The SMILES string of the molecule is CCOP(=O)(CCCN(c1ccc(OC)cc1C)C(C)CN1C(=O)c2ccccc2C1=O)OCC. The fraction of sp³-hybridized carbons (Fsp3) is 0.462. The van der Waals surface area contributed by atoms with Crippen LogP contribution in [0.4, 0.5) is 5.69 Å². The van der Waals surface area contributed by atoms with Gasteiger partial charge in [-0.2, -0.15) is 0 Å². The van der Waals surface area contributed by atoms with E-state index in [1.165, 1.54) is 4.90 Å².